The van der Waals surface area contributed by atoms with Gasteiger partial charge in [0.25, 0.3) is 0 Å². The zero-order valence-corrected chi connectivity index (χ0v) is 18.8. The molecule has 1 aliphatic rings. The van der Waals surface area contributed by atoms with Crippen LogP contribution in [-0.2, 0) is 21.0 Å². The maximum atomic E-state index is 13.5. The van der Waals surface area contributed by atoms with Crippen LogP contribution in [0.3, 0.4) is 0 Å². The number of ketones is 1. The number of nitrogens with zero attached hydrogens (tertiary/aromatic N) is 1. The second-order valence-electron chi connectivity index (χ2n) is 8.26. The molecule has 2 atom stereocenters. The molecule has 0 saturated carbocycles. The Kier molecular flexibility index (Phi) is 6.76. The minimum absolute atomic E-state index is 0.0600. The zero-order valence-electron chi connectivity index (χ0n) is 18.8. The van der Waals surface area contributed by atoms with Gasteiger partial charge in [-0.1, -0.05) is 60.1 Å². The smallest absolute Gasteiger partial charge is 0.170 e. The van der Waals surface area contributed by atoms with Crippen molar-refractivity contribution in [2.75, 3.05) is 7.11 Å². The molecule has 4 heteroatoms. The van der Waals surface area contributed by atoms with Gasteiger partial charge in [0, 0.05) is 11.8 Å². The molecule has 0 N–H and O–H groups in total. The van der Waals surface area contributed by atoms with Gasteiger partial charge >= 0.3 is 0 Å². The van der Waals surface area contributed by atoms with E-state index in [9.17, 15) is 4.79 Å². The molecule has 0 saturated heterocycles. The Morgan fingerprint density at radius 3 is 2.30 bits per heavy atom. The average Bonchev–Trinajstić information content (AvgIpc) is 2.91. The molecule has 0 fully saturated rings. The molecule has 158 valence electrons. The first kappa shape index (κ1) is 21.8. The molecule has 2 unspecified atom stereocenters. The van der Waals surface area contributed by atoms with Gasteiger partial charge in [0.05, 0.1) is 11.3 Å². The fraction of sp³-hybridized carbons (Fsp3) is 0.385. The summed E-state index contributed by atoms with van der Waals surface area (Å²) < 4.78 is 6.39. The molecule has 0 radical (unpaired) electrons. The van der Waals surface area contributed by atoms with E-state index in [2.05, 4.69) is 38.1 Å². The van der Waals surface area contributed by atoms with E-state index < -0.39 is 0 Å². The highest BCUT2D eigenvalue weighted by molar-refractivity contribution is 6.25. The first-order chi connectivity index (χ1) is 14.3. The number of hydrogen-bond acceptors (Lipinski definition) is 4. The first-order valence-corrected chi connectivity index (χ1v) is 10.4. The summed E-state index contributed by atoms with van der Waals surface area (Å²) in [7, 11) is 1.54. The van der Waals surface area contributed by atoms with Gasteiger partial charge < -0.3 is 9.57 Å². The van der Waals surface area contributed by atoms with Crippen LogP contribution in [0, 0.1) is 32.6 Å². The normalized spacial score (nSPS) is 19.4. The van der Waals surface area contributed by atoms with Crippen molar-refractivity contribution in [1.29, 1.82) is 0 Å². The lowest BCUT2D eigenvalue weighted by atomic mass is 9.90. The fourth-order valence-corrected chi connectivity index (χ4v) is 4.46. The number of carbonyl (C=O) groups excluding carboxylic acids is 1. The van der Waals surface area contributed by atoms with Crippen LogP contribution in [0.1, 0.15) is 48.1 Å². The van der Waals surface area contributed by atoms with Gasteiger partial charge in [0.15, 0.2) is 5.78 Å². The molecule has 0 heterocycles. The van der Waals surface area contributed by atoms with Crippen molar-refractivity contribution in [3.63, 3.8) is 0 Å². The summed E-state index contributed by atoms with van der Waals surface area (Å²) in [6.45, 7) is 10.6. The number of carbonyl (C=O) groups is 1. The van der Waals surface area contributed by atoms with E-state index >= 15 is 0 Å². The number of oxime groups is 1. The van der Waals surface area contributed by atoms with E-state index in [-0.39, 0.29) is 17.6 Å². The maximum absolute atomic E-state index is 13.5. The lowest BCUT2D eigenvalue weighted by Crippen LogP contribution is -2.18. The highest BCUT2D eigenvalue weighted by Crippen LogP contribution is 2.44. The molecule has 1 aliphatic carbocycles. The summed E-state index contributed by atoms with van der Waals surface area (Å²) in [5.41, 5.74) is 7.06. The number of allylic oxidation sites excluding steroid dienone is 2. The van der Waals surface area contributed by atoms with Gasteiger partial charge in [-0.15, -0.1) is 0 Å². The molecule has 0 spiro atoms. The van der Waals surface area contributed by atoms with E-state index in [0.29, 0.717) is 13.0 Å². The molecule has 2 aromatic rings. The van der Waals surface area contributed by atoms with Crippen molar-refractivity contribution in [3.05, 3.63) is 76.0 Å². The van der Waals surface area contributed by atoms with E-state index in [4.69, 9.17) is 9.57 Å². The molecule has 4 nitrogen and oxygen atoms in total. The Labute approximate surface area is 179 Å². The van der Waals surface area contributed by atoms with Gasteiger partial charge in [-0.2, -0.15) is 0 Å². The van der Waals surface area contributed by atoms with E-state index in [1.807, 2.05) is 44.2 Å². The highest BCUT2D eigenvalue weighted by Gasteiger charge is 2.42. The Morgan fingerprint density at radius 2 is 1.70 bits per heavy atom. The van der Waals surface area contributed by atoms with Crippen molar-refractivity contribution in [2.24, 2.45) is 17.0 Å². The zero-order chi connectivity index (χ0) is 21.8. The second-order valence-corrected chi connectivity index (χ2v) is 8.26. The second kappa shape index (κ2) is 9.29. The summed E-state index contributed by atoms with van der Waals surface area (Å²) in [5.74, 6) is 0.684. The van der Waals surface area contributed by atoms with Crippen molar-refractivity contribution >= 4 is 17.1 Å². The van der Waals surface area contributed by atoms with Gasteiger partial charge in [0.1, 0.15) is 19.5 Å². The summed E-state index contributed by atoms with van der Waals surface area (Å²) in [5, 5.41) is 4.07. The summed E-state index contributed by atoms with van der Waals surface area (Å²) in [6.07, 6.45) is 0.623. The molecule has 2 aromatic carbocycles. The average molecular weight is 406 g/mol. The predicted molar refractivity (Wildman–Crippen MR) is 121 cm³/mol. The fourth-order valence-electron chi connectivity index (χ4n) is 4.46. The molecule has 30 heavy (non-hydrogen) atoms. The van der Waals surface area contributed by atoms with Crippen molar-refractivity contribution in [2.45, 2.75) is 47.6 Å². The van der Waals surface area contributed by atoms with Gasteiger partial charge in [-0.3, -0.25) is 4.79 Å². The molecular weight excluding hydrogens is 374 g/mol. The standard InChI is InChI=1S/C26H31NO3/c1-16-12-17(2)23(18(3)13-16)24-25(28)20(5)22(14-19(4)27-29-6)26(24)30-15-21-10-8-7-9-11-21/h7-13,20,22H,14-15H2,1-6H3. The van der Waals surface area contributed by atoms with Crippen LogP contribution >= 0.6 is 0 Å². The Balaban J connectivity index is 2.10. The molecule has 0 amide bonds. The number of Topliss-reactive ketones (excluding diaryl/α,β-unsaturated/α-hetero) is 1. The molecule has 0 aliphatic heterocycles. The summed E-state index contributed by atoms with van der Waals surface area (Å²) in [6, 6.07) is 14.3. The largest absolute Gasteiger partial charge is 0.492 e. The number of benzene rings is 2. The molecule has 0 aromatic heterocycles. The molecular formula is C26H31NO3. The van der Waals surface area contributed by atoms with Crippen molar-refractivity contribution in [3.8, 4) is 0 Å². The Morgan fingerprint density at radius 1 is 1.07 bits per heavy atom. The quantitative estimate of drug-likeness (QED) is 0.433. The lowest BCUT2D eigenvalue weighted by Gasteiger charge is -2.20. The Hall–Kier alpha value is -2.88. The maximum Gasteiger partial charge on any atom is 0.170 e. The van der Waals surface area contributed by atoms with Crippen LogP contribution in [-0.4, -0.2) is 18.6 Å². The number of rotatable bonds is 7. The van der Waals surface area contributed by atoms with E-state index in [1.54, 1.807) is 7.11 Å². The third kappa shape index (κ3) is 4.48. The Bertz CT molecular complexity index is 966. The predicted octanol–water partition coefficient (Wildman–Crippen LogP) is 5.79. The van der Waals surface area contributed by atoms with Crippen LogP contribution in [0.2, 0.25) is 0 Å². The molecule has 3 rings (SSSR count). The SMILES string of the molecule is CON=C(C)CC1C(OCc2ccccc2)=C(c2c(C)cc(C)cc2C)C(=O)C1C. The third-order valence-corrected chi connectivity index (χ3v) is 5.77. The number of ether oxygens (including phenoxy) is 1. The number of aryl methyl sites for hydroxylation is 3. The topological polar surface area (TPSA) is 47.9 Å². The molecule has 0 bridgehead atoms. The van der Waals surface area contributed by atoms with Crippen LogP contribution in [0.15, 0.2) is 53.4 Å². The number of hydrogen-bond donors (Lipinski definition) is 0. The van der Waals surface area contributed by atoms with Gasteiger partial charge in [-0.05, 0) is 56.4 Å². The van der Waals surface area contributed by atoms with Gasteiger partial charge in [-0.25, -0.2) is 0 Å². The van der Waals surface area contributed by atoms with Gasteiger partial charge in [0.2, 0.25) is 0 Å². The van der Waals surface area contributed by atoms with Crippen LogP contribution in [0.4, 0.5) is 0 Å². The summed E-state index contributed by atoms with van der Waals surface area (Å²) in [4.78, 5) is 18.4. The summed E-state index contributed by atoms with van der Waals surface area (Å²) >= 11 is 0. The highest BCUT2D eigenvalue weighted by atomic mass is 16.6. The monoisotopic (exact) mass is 405 g/mol. The van der Waals surface area contributed by atoms with Crippen molar-refractivity contribution < 1.29 is 14.4 Å². The van der Waals surface area contributed by atoms with Crippen LogP contribution in [0.5, 0.6) is 0 Å². The lowest BCUT2D eigenvalue weighted by molar-refractivity contribution is -0.117. The van der Waals surface area contributed by atoms with E-state index in [0.717, 1.165) is 39.3 Å². The minimum atomic E-state index is -0.173. The van der Waals surface area contributed by atoms with Crippen LogP contribution < -0.4 is 0 Å². The van der Waals surface area contributed by atoms with E-state index in [1.165, 1.54) is 5.56 Å². The first-order valence-electron chi connectivity index (χ1n) is 10.4. The van der Waals surface area contributed by atoms with Crippen molar-refractivity contribution in [1.82, 2.24) is 0 Å². The minimum Gasteiger partial charge on any atom is -0.492 e. The van der Waals surface area contributed by atoms with Crippen LogP contribution in [0.25, 0.3) is 5.57 Å². The third-order valence-electron chi connectivity index (χ3n) is 5.77.